The highest BCUT2D eigenvalue weighted by Crippen LogP contribution is 2.39. The van der Waals surface area contributed by atoms with E-state index in [1.54, 1.807) is 0 Å². The molecule has 2 aromatic rings. The largest absolute Gasteiger partial charge is 0.487 e. The molecule has 0 spiro atoms. The molecular weight excluding hydrogens is 328 g/mol. The predicted molar refractivity (Wildman–Crippen MR) is 108 cm³/mol. The maximum absolute atomic E-state index is 6.13. The Bertz CT molecular complexity index is 768. The van der Waals surface area contributed by atoms with Gasteiger partial charge in [-0.1, -0.05) is 36.8 Å². The molecule has 0 radical (unpaired) electrons. The van der Waals surface area contributed by atoms with Crippen molar-refractivity contribution in [3.63, 3.8) is 0 Å². The molecule has 1 atom stereocenters. The van der Waals surface area contributed by atoms with Gasteiger partial charge in [-0.15, -0.1) is 0 Å². The number of fused-ring (bicyclic) bond motifs is 1. The van der Waals surface area contributed by atoms with Crippen molar-refractivity contribution in [3.8, 4) is 5.75 Å². The van der Waals surface area contributed by atoms with Gasteiger partial charge < -0.3 is 15.4 Å². The van der Waals surface area contributed by atoms with E-state index in [4.69, 9.17) is 17.0 Å². The third-order valence-corrected chi connectivity index (χ3v) is 4.77. The minimum atomic E-state index is -0.224. The second-order valence-corrected chi connectivity index (χ2v) is 7.72. The summed E-state index contributed by atoms with van der Waals surface area (Å²) in [6.45, 7) is 8.48. The summed E-state index contributed by atoms with van der Waals surface area (Å²) in [4.78, 5) is 0. The first kappa shape index (κ1) is 17.7. The molecule has 3 nitrogen and oxygen atoms in total. The third-order valence-electron chi connectivity index (χ3n) is 4.55. The second kappa shape index (κ2) is 7.04. The van der Waals surface area contributed by atoms with Gasteiger partial charge in [-0.2, -0.15) is 0 Å². The van der Waals surface area contributed by atoms with Crippen LogP contribution in [0, 0.1) is 6.92 Å². The van der Waals surface area contributed by atoms with Crippen LogP contribution in [-0.4, -0.2) is 10.7 Å². The van der Waals surface area contributed by atoms with Gasteiger partial charge in [0.2, 0.25) is 0 Å². The van der Waals surface area contributed by atoms with E-state index >= 15 is 0 Å². The number of nitrogens with one attached hydrogen (secondary N) is 2. The summed E-state index contributed by atoms with van der Waals surface area (Å²) in [6.07, 6.45) is 1.90. The van der Waals surface area contributed by atoms with Crippen LogP contribution in [0.5, 0.6) is 5.75 Å². The molecule has 2 aromatic carbocycles. The van der Waals surface area contributed by atoms with Crippen molar-refractivity contribution >= 4 is 23.0 Å². The van der Waals surface area contributed by atoms with Gasteiger partial charge in [0.05, 0.1) is 6.04 Å². The molecule has 0 saturated heterocycles. The van der Waals surface area contributed by atoms with Gasteiger partial charge in [-0.25, -0.2) is 0 Å². The number of hydrogen-bond donors (Lipinski definition) is 2. The Morgan fingerprint density at radius 3 is 2.60 bits per heavy atom. The summed E-state index contributed by atoms with van der Waals surface area (Å²) < 4.78 is 6.13. The zero-order valence-corrected chi connectivity index (χ0v) is 16.2. The van der Waals surface area contributed by atoms with Crippen molar-refractivity contribution in [3.05, 3.63) is 59.2 Å². The van der Waals surface area contributed by atoms with Crippen LogP contribution in [0.25, 0.3) is 0 Å². The fourth-order valence-electron chi connectivity index (χ4n) is 3.25. The van der Waals surface area contributed by atoms with E-state index in [2.05, 4.69) is 80.8 Å². The molecule has 0 amide bonds. The lowest BCUT2D eigenvalue weighted by Gasteiger charge is -2.38. The number of hydrogen-bond acceptors (Lipinski definition) is 2. The van der Waals surface area contributed by atoms with Crippen LogP contribution in [0.2, 0.25) is 0 Å². The maximum Gasteiger partial charge on any atom is 0.171 e. The molecule has 2 N–H and O–H groups in total. The first-order valence-electron chi connectivity index (χ1n) is 8.82. The highest BCUT2D eigenvalue weighted by molar-refractivity contribution is 7.80. The van der Waals surface area contributed by atoms with E-state index in [9.17, 15) is 0 Å². The Labute approximate surface area is 155 Å². The Morgan fingerprint density at radius 2 is 1.92 bits per heavy atom. The summed E-state index contributed by atoms with van der Waals surface area (Å²) in [5.41, 5.74) is 4.50. The summed E-state index contributed by atoms with van der Waals surface area (Å²) in [5.74, 6) is 0.939. The molecule has 0 aromatic heterocycles. The SMILES string of the molecule is CCc1ccc(NC(=S)N[C@H]2CC(C)(C)Oc3ccc(C)cc32)cc1. The molecule has 3 rings (SSSR count). The van der Waals surface area contributed by atoms with Crippen molar-refractivity contribution in [1.29, 1.82) is 0 Å². The number of rotatable bonds is 3. The number of benzene rings is 2. The highest BCUT2D eigenvalue weighted by Gasteiger charge is 2.34. The average molecular weight is 355 g/mol. The van der Waals surface area contributed by atoms with Gasteiger partial charge in [0, 0.05) is 17.7 Å². The average Bonchev–Trinajstić information content (AvgIpc) is 2.55. The van der Waals surface area contributed by atoms with E-state index in [0.717, 1.165) is 24.3 Å². The monoisotopic (exact) mass is 354 g/mol. The van der Waals surface area contributed by atoms with E-state index in [1.807, 2.05) is 0 Å². The smallest absolute Gasteiger partial charge is 0.171 e. The van der Waals surface area contributed by atoms with Gasteiger partial charge in [0.1, 0.15) is 11.4 Å². The Morgan fingerprint density at radius 1 is 1.20 bits per heavy atom. The Hall–Kier alpha value is -2.07. The lowest BCUT2D eigenvalue weighted by Crippen LogP contribution is -2.42. The first-order chi connectivity index (χ1) is 11.9. The predicted octanol–water partition coefficient (Wildman–Crippen LogP) is 5.15. The third kappa shape index (κ3) is 4.31. The number of thiocarbonyl (C=S) groups is 1. The fourth-order valence-corrected chi connectivity index (χ4v) is 3.51. The highest BCUT2D eigenvalue weighted by atomic mass is 32.1. The van der Waals surface area contributed by atoms with E-state index in [1.165, 1.54) is 16.7 Å². The van der Waals surface area contributed by atoms with Crippen molar-refractivity contribution < 1.29 is 4.74 Å². The van der Waals surface area contributed by atoms with Gasteiger partial charge >= 0.3 is 0 Å². The molecule has 0 fully saturated rings. The van der Waals surface area contributed by atoms with E-state index in [-0.39, 0.29) is 11.6 Å². The topological polar surface area (TPSA) is 33.3 Å². The van der Waals surface area contributed by atoms with Crippen LogP contribution < -0.4 is 15.4 Å². The molecule has 132 valence electrons. The standard InChI is InChI=1S/C21H26N2OS/c1-5-15-7-9-16(10-8-15)22-20(25)23-18-13-21(3,4)24-19-11-6-14(2)12-17(18)19/h6-12,18H,5,13H2,1-4H3,(H2,22,23,25)/t18-/m0/s1. The van der Waals surface area contributed by atoms with Gasteiger partial charge in [-0.05, 0) is 63.2 Å². The maximum atomic E-state index is 6.13. The summed E-state index contributed by atoms with van der Waals surface area (Å²) in [5, 5.41) is 7.41. The lowest BCUT2D eigenvalue weighted by atomic mass is 9.89. The normalized spacial score (nSPS) is 18.0. The molecule has 4 heteroatoms. The molecule has 1 heterocycles. The van der Waals surface area contributed by atoms with Crippen LogP contribution in [0.1, 0.15) is 49.9 Å². The van der Waals surface area contributed by atoms with Crippen LogP contribution in [0.15, 0.2) is 42.5 Å². The van der Waals surface area contributed by atoms with E-state index in [0.29, 0.717) is 5.11 Å². The minimum absolute atomic E-state index is 0.133. The van der Waals surface area contributed by atoms with Crippen molar-refractivity contribution in [1.82, 2.24) is 5.32 Å². The minimum Gasteiger partial charge on any atom is -0.487 e. The molecule has 0 bridgehead atoms. The molecule has 0 aliphatic carbocycles. The van der Waals surface area contributed by atoms with E-state index < -0.39 is 0 Å². The van der Waals surface area contributed by atoms with Gasteiger partial charge in [-0.3, -0.25) is 0 Å². The summed E-state index contributed by atoms with van der Waals surface area (Å²) >= 11 is 5.55. The molecule has 0 unspecified atom stereocenters. The quantitative estimate of drug-likeness (QED) is 0.747. The Balaban J connectivity index is 1.74. The van der Waals surface area contributed by atoms with Gasteiger partial charge in [0.15, 0.2) is 5.11 Å². The lowest BCUT2D eigenvalue weighted by molar-refractivity contribution is 0.0696. The van der Waals surface area contributed by atoms with Crippen LogP contribution in [-0.2, 0) is 6.42 Å². The van der Waals surface area contributed by atoms with Gasteiger partial charge in [0.25, 0.3) is 0 Å². The number of anilines is 1. The fraction of sp³-hybridized carbons (Fsp3) is 0.381. The summed E-state index contributed by atoms with van der Waals surface area (Å²) in [7, 11) is 0. The van der Waals surface area contributed by atoms with Crippen LogP contribution in [0.4, 0.5) is 5.69 Å². The Kier molecular flexibility index (Phi) is 5.00. The van der Waals surface area contributed by atoms with Crippen molar-refractivity contribution in [2.24, 2.45) is 0 Å². The molecule has 1 aliphatic heterocycles. The molecule has 25 heavy (non-hydrogen) atoms. The first-order valence-corrected chi connectivity index (χ1v) is 9.23. The zero-order chi connectivity index (χ0) is 18.0. The zero-order valence-electron chi connectivity index (χ0n) is 15.3. The number of ether oxygens (including phenoxy) is 1. The van der Waals surface area contributed by atoms with Crippen molar-refractivity contribution in [2.45, 2.75) is 52.2 Å². The molecular formula is C21H26N2OS. The summed E-state index contributed by atoms with van der Waals surface area (Å²) in [6, 6.07) is 14.8. The van der Waals surface area contributed by atoms with Crippen molar-refractivity contribution in [2.75, 3.05) is 5.32 Å². The molecule has 1 aliphatic rings. The number of aryl methyl sites for hydroxylation is 2. The van der Waals surface area contributed by atoms with Crippen LogP contribution >= 0.6 is 12.2 Å². The second-order valence-electron chi connectivity index (χ2n) is 7.31. The molecule has 0 saturated carbocycles. The van der Waals surface area contributed by atoms with Crippen LogP contribution in [0.3, 0.4) is 0 Å².